The highest BCUT2D eigenvalue weighted by Crippen LogP contribution is 2.22. The summed E-state index contributed by atoms with van der Waals surface area (Å²) in [5.41, 5.74) is 0.124. The lowest BCUT2D eigenvalue weighted by molar-refractivity contribution is 0.102. The molecule has 2 N–H and O–H groups in total. The number of anilines is 1. The van der Waals surface area contributed by atoms with Gasteiger partial charge in [-0.05, 0) is 24.3 Å². The molecule has 0 atom stereocenters. The molecule has 0 radical (unpaired) electrons. The van der Waals surface area contributed by atoms with Crippen LogP contribution < -0.4 is 10.7 Å². The Hall–Kier alpha value is -3.08. The van der Waals surface area contributed by atoms with Gasteiger partial charge in [-0.25, -0.2) is 0 Å². The van der Waals surface area contributed by atoms with Crippen LogP contribution in [0.3, 0.4) is 0 Å². The van der Waals surface area contributed by atoms with Crippen molar-refractivity contribution in [1.82, 2.24) is 0 Å². The summed E-state index contributed by atoms with van der Waals surface area (Å²) < 4.78 is 5.29. The highest BCUT2D eigenvalue weighted by molar-refractivity contribution is 6.06. The Morgan fingerprint density at radius 1 is 1.05 bits per heavy atom. The Labute approximate surface area is 119 Å². The summed E-state index contributed by atoms with van der Waals surface area (Å²) in [7, 11) is 0. The quantitative estimate of drug-likeness (QED) is 0.708. The van der Waals surface area contributed by atoms with Crippen molar-refractivity contribution in [2.24, 2.45) is 0 Å². The van der Waals surface area contributed by atoms with E-state index in [0.29, 0.717) is 11.0 Å². The lowest BCUT2D eigenvalue weighted by atomic mass is 10.1. The summed E-state index contributed by atoms with van der Waals surface area (Å²) in [5.74, 6) is -0.702. The number of amides is 1. The predicted octanol–water partition coefficient (Wildman–Crippen LogP) is 2.75. The molecule has 3 rings (SSSR count). The Kier molecular flexibility index (Phi) is 3.16. The van der Waals surface area contributed by atoms with Crippen LogP contribution in [0.1, 0.15) is 10.4 Å². The number of hydrogen-bond donors (Lipinski definition) is 2. The van der Waals surface area contributed by atoms with Gasteiger partial charge in [0.05, 0.1) is 11.1 Å². The first-order chi connectivity index (χ1) is 10.2. The Balaban J connectivity index is 2.01. The van der Waals surface area contributed by atoms with E-state index in [4.69, 9.17) is 4.42 Å². The molecule has 0 spiro atoms. The molecule has 1 aromatic heterocycles. The topological polar surface area (TPSA) is 79.5 Å². The molecule has 0 unspecified atom stereocenters. The fourth-order valence-corrected chi connectivity index (χ4v) is 2.00. The summed E-state index contributed by atoms with van der Waals surface area (Å²) >= 11 is 0. The Morgan fingerprint density at radius 2 is 1.76 bits per heavy atom. The van der Waals surface area contributed by atoms with Gasteiger partial charge >= 0.3 is 0 Å². The number of para-hydroxylation sites is 3. The zero-order chi connectivity index (χ0) is 14.8. The normalized spacial score (nSPS) is 10.5. The summed E-state index contributed by atoms with van der Waals surface area (Å²) in [5, 5.41) is 12.4. The van der Waals surface area contributed by atoms with E-state index in [1.807, 2.05) is 0 Å². The fourth-order valence-electron chi connectivity index (χ4n) is 2.00. The SMILES string of the molecule is O=C(Nc1ccccc1O)c1coc2ccccc2c1=O. The Morgan fingerprint density at radius 3 is 2.57 bits per heavy atom. The van der Waals surface area contributed by atoms with Gasteiger partial charge in [-0.3, -0.25) is 9.59 Å². The molecule has 0 fully saturated rings. The van der Waals surface area contributed by atoms with E-state index < -0.39 is 11.3 Å². The van der Waals surface area contributed by atoms with Crippen molar-refractivity contribution in [3.63, 3.8) is 0 Å². The second-order valence-corrected chi connectivity index (χ2v) is 4.45. The zero-order valence-electron chi connectivity index (χ0n) is 10.9. The minimum Gasteiger partial charge on any atom is -0.506 e. The molecule has 0 saturated heterocycles. The van der Waals surface area contributed by atoms with Crippen molar-refractivity contribution in [3.05, 3.63) is 70.6 Å². The molecule has 3 aromatic rings. The maximum absolute atomic E-state index is 12.3. The van der Waals surface area contributed by atoms with Gasteiger partial charge in [0.1, 0.15) is 23.2 Å². The van der Waals surface area contributed by atoms with Crippen LogP contribution >= 0.6 is 0 Å². The second kappa shape index (κ2) is 5.13. The summed E-state index contributed by atoms with van der Waals surface area (Å²) in [6, 6.07) is 13.0. The summed E-state index contributed by atoms with van der Waals surface area (Å²) in [6.45, 7) is 0. The number of carbonyl (C=O) groups is 1. The lowest BCUT2D eigenvalue weighted by Crippen LogP contribution is -2.21. The maximum atomic E-state index is 12.3. The third-order valence-electron chi connectivity index (χ3n) is 3.08. The fraction of sp³-hybridized carbons (Fsp3) is 0. The van der Waals surface area contributed by atoms with Gasteiger partial charge in [0.2, 0.25) is 5.43 Å². The van der Waals surface area contributed by atoms with E-state index in [2.05, 4.69) is 5.32 Å². The maximum Gasteiger partial charge on any atom is 0.262 e. The third kappa shape index (κ3) is 2.36. The number of hydrogen-bond acceptors (Lipinski definition) is 4. The van der Waals surface area contributed by atoms with E-state index in [-0.39, 0.29) is 17.0 Å². The van der Waals surface area contributed by atoms with Crippen LogP contribution in [-0.2, 0) is 0 Å². The van der Waals surface area contributed by atoms with Crippen molar-refractivity contribution in [1.29, 1.82) is 0 Å². The number of phenols is 1. The number of nitrogens with one attached hydrogen (secondary N) is 1. The smallest absolute Gasteiger partial charge is 0.262 e. The molecular formula is C16H11NO4. The van der Waals surface area contributed by atoms with E-state index in [1.165, 1.54) is 12.1 Å². The van der Waals surface area contributed by atoms with Crippen LogP contribution in [-0.4, -0.2) is 11.0 Å². The molecule has 1 heterocycles. The van der Waals surface area contributed by atoms with Gasteiger partial charge in [0, 0.05) is 0 Å². The molecule has 104 valence electrons. The van der Waals surface area contributed by atoms with Crippen molar-refractivity contribution in [3.8, 4) is 5.75 Å². The standard InChI is InChI=1S/C16H11NO4/c18-13-7-3-2-6-12(13)17-16(20)11-9-21-14-8-4-1-5-10(14)15(11)19/h1-9,18H,(H,17,20). The van der Waals surface area contributed by atoms with Crippen LogP contribution in [0.2, 0.25) is 0 Å². The van der Waals surface area contributed by atoms with Crippen LogP contribution in [0.15, 0.2) is 64.0 Å². The summed E-state index contributed by atoms with van der Waals surface area (Å²) in [4.78, 5) is 24.4. The van der Waals surface area contributed by atoms with Crippen molar-refractivity contribution in [2.45, 2.75) is 0 Å². The number of carbonyl (C=O) groups excluding carboxylic acids is 1. The zero-order valence-corrected chi connectivity index (χ0v) is 10.9. The number of rotatable bonds is 2. The minimum absolute atomic E-state index is 0.0731. The van der Waals surface area contributed by atoms with Gasteiger partial charge < -0.3 is 14.8 Å². The summed E-state index contributed by atoms with van der Waals surface area (Å²) in [6.07, 6.45) is 1.12. The van der Waals surface area contributed by atoms with Crippen LogP contribution in [0.25, 0.3) is 11.0 Å². The predicted molar refractivity (Wildman–Crippen MR) is 78.5 cm³/mol. The first kappa shape index (κ1) is 12.9. The van der Waals surface area contributed by atoms with Gasteiger partial charge in [-0.1, -0.05) is 24.3 Å². The average Bonchev–Trinajstić information content (AvgIpc) is 2.50. The lowest BCUT2D eigenvalue weighted by Gasteiger charge is -2.06. The largest absolute Gasteiger partial charge is 0.506 e. The molecule has 0 saturated carbocycles. The van der Waals surface area contributed by atoms with Gasteiger partial charge in [0.25, 0.3) is 5.91 Å². The second-order valence-electron chi connectivity index (χ2n) is 4.45. The molecule has 0 aliphatic carbocycles. The molecule has 0 aliphatic rings. The highest BCUT2D eigenvalue weighted by atomic mass is 16.3. The average molecular weight is 281 g/mol. The minimum atomic E-state index is -0.629. The van der Waals surface area contributed by atoms with Gasteiger partial charge in [-0.15, -0.1) is 0 Å². The van der Waals surface area contributed by atoms with E-state index in [1.54, 1.807) is 36.4 Å². The number of aromatic hydroxyl groups is 1. The first-order valence-corrected chi connectivity index (χ1v) is 6.27. The molecule has 5 nitrogen and oxygen atoms in total. The molecule has 0 aliphatic heterocycles. The molecular weight excluding hydrogens is 270 g/mol. The van der Waals surface area contributed by atoms with Crippen LogP contribution in [0.4, 0.5) is 5.69 Å². The van der Waals surface area contributed by atoms with Crippen molar-refractivity contribution < 1.29 is 14.3 Å². The van der Waals surface area contributed by atoms with E-state index >= 15 is 0 Å². The first-order valence-electron chi connectivity index (χ1n) is 6.27. The molecule has 2 aromatic carbocycles. The van der Waals surface area contributed by atoms with Crippen LogP contribution in [0.5, 0.6) is 5.75 Å². The number of benzene rings is 2. The highest BCUT2D eigenvalue weighted by Gasteiger charge is 2.15. The van der Waals surface area contributed by atoms with Crippen molar-refractivity contribution >= 4 is 22.6 Å². The monoisotopic (exact) mass is 281 g/mol. The molecule has 0 bridgehead atoms. The molecule has 21 heavy (non-hydrogen) atoms. The Bertz CT molecular complexity index is 883. The van der Waals surface area contributed by atoms with E-state index in [9.17, 15) is 14.7 Å². The molecule has 5 heteroatoms. The third-order valence-corrected chi connectivity index (χ3v) is 3.08. The number of phenolic OH excluding ortho intramolecular Hbond substituents is 1. The van der Waals surface area contributed by atoms with Gasteiger partial charge in [-0.2, -0.15) is 0 Å². The van der Waals surface area contributed by atoms with E-state index in [0.717, 1.165) is 6.26 Å². The van der Waals surface area contributed by atoms with Crippen LogP contribution in [0, 0.1) is 0 Å². The van der Waals surface area contributed by atoms with Crippen molar-refractivity contribution in [2.75, 3.05) is 5.32 Å². The molecule has 1 amide bonds. The van der Waals surface area contributed by atoms with Gasteiger partial charge in [0.15, 0.2) is 0 Å². The number of fused-ring (bicyclic) bond motifs is 1.